The molecule has 1 aromatic rings. The van der Waals surface area contributed by atoms with Crippen LogP contribution in [0.5, 0.6) is 0 Å². The third-order valence-electron chi connectivity index (χ3n) is 3.94. The van der Waals surface area contributed by atoms with Gasteiger partial charge in [0, 0.05) is 6.07 Å². The number of halogens is 2. The summed E-state index contributed by atoms with van der Waals surface area (Å²) in [5, 5.41) is 3.21. The fraction of sp³-hybridized carbons (Fsp3) is 0.600. The Morgan fingerprint density at radius 2 is 1.72 bits per heavy atom. The van der Waals surface area contributed by atoms with E-state index in [1.165, 1.54) is 25.0 Å². The molecular weight excluding hydrogens is 232 g/mol. The van der Waals surface area contributed by atoms with Gasteiger partial charge in [-0.25, -0.2) is 8.78 Å². The molecule has 1 nitrogen and oxygen atoms in total. The average molecular weight is 253 g/mol. The standard InChI is InChI=1S/C15H21F2N/c1-18-10-11-5-3-2-4-6-15(11)12-7-13(16)9-14(17)8-12/h7-9,11,15,18H,2-6,10H2,1H3. The van der Waals surface area contributed by atoms with Crippen molar-refractivity contribution >= 4 is 0 Å². The van der Waals surface area contributed by atoms with Gasteiger partial charge in [0.1, 0.15) is 11.6 Å². The predicted molar refractivity (Wildman–Crippen MR) is 69.6 cm³/mol. The highest BCUT2D eigenvalue weighted by Crippen LogP contribution is 2.36. The monoisotopic (exact) mass is 253 g/mol. The maximum Gasteiger partial charge on any atom is 0.126 e. The SMILES string of the molecule is CNCC1CCCCCC1c1cc(F)cc(F)c1. The Labute approximate surface area is 108 Å². The summed E-state index contributed by atoms with van der Waals surface area (Å²) in [6, 6.07) is 3.96. The zero-order valence-electron chi connectivity index (χ0n) is 10.9. The fourth-order valence-corrected chi connectivity index (χ4v) is 3.12. The largest absolute Gasteiger partial charge is 0.319 e. The van der Waals surface area contributed by atoms with Crippen LogP contribution in [0.15, 0.2) is 18.2 Å². The lowest BCUT2D eigenvalue weighted by Crippen LogP contribution is -2.24. The molecule has 2 unspecified atom stereocenters. The summed E-state index contributed by atoms with van der Waals surface area (Å²) in [5.41, 5.74) is 0.828. The molecule has 2 atom stereocenters. The molecule has 0 spiro atoms. The van der Waals surface area contributed by atoms with Crippen molar-refractivity contribution in [1.29, 1.82) is 0 Å². The molecule has 0 heterocycles. The average Bonchev–Trinajstić information content (AvgIpc) is 2.54. The first kappa shape index (κ1) is 13.5. The van der Waals surface area contributed by atoms with E-state index in [1.54, 1.807) is 0 Å². The first-order valence-corrected chi connectivity index (χ1v) is 6.81. The van der Waals surface area contributed by atoms with Gasteiger partial charge in [-0.2, -0.15) is 0 Å². The molecule has 1 fully saturated rings. The molecule has 18 heavy (non-hydrogen) atoms. The summed E-state index contributed by atoms with van der Waals surface area (Å²) < 4.78 is 26.7. The highest BCUT2D eigenvalue weighted by atomic mass is 19.1. The third-order valence-corrected chi connectivity index (χ3v) is 3.94. The zero-order chi connectivity index (χ0) is 13.0. The van der Waals surface area contributed by atoms with Crippen molar-refractivity contribution < 1.29 is 8.78 Å². The van der Waals surface area contributed by atoms with E-state index in [2.05, 4.69) is 5.32 Å². The van der Waals surface area contributed by atoms with Crippen LogP contribution in [-0.2, 0) is 0 Å². The molecule has 1 N–H and O–H groups in total. The number of nitrogens with one attached hydrogen (secondary N) is 1. The molecule has 0 bridgehead atoms. The van der Waals surface area contributed by atoms with Crippen LogP contribution in [0.3, 0.4) is 0 Å². The van der Waals surface area contributed by atoms with Gasteiger partial charge in [-0.05, 0) is 56.0 Å². The lowest BCUT2D eigenvalue weighted by atomic mass is 9.82. The van der Waals surface area contributed by atoms with Crippen LogP contribution in [0, 0.1) is 17.6 Å². The van der Waals surface area contributed by atoms with Crippen LogP contribution >= 0.6 is 0 Å². The zero-order valence-corrected chi connectivity index (χ0v) is 10.9. The Hall–Kier alpha value is -0.960. The highest BCUT2D eigenvalue weighted by Gasteiger charge is 2.25. The Morgan fingerprint density at radius 3 is 2.39 bits per heavy atom. The summed E-state index contributed by atoms with van der Waals surface area (Å²) in [6.45, 7) is 0.919. The van der Waals surface area contributed by atoms with Gasteiger partial charge in [0.2, 0.25) is 0 Å². The van der Waals surface area contributed by atoms with E-state index in [0.717, 1.165) is 37.4 Å². The molecule has 1 aromatic carbocycles. The van der Waals surface area contributed by atoms with E-state index in [-0.39, 0.29) is 5.92 Å². The second-order valence-electron chi connectivity index (χ2n) is 5.27. The smallest absolute Gasteiger partial charge is 0.126 e. The van der Waals surface area contributed by atoms with Crippen molar-refractivity contribution in [2.45, 2.75) is 38.0 Å². The van der Waals surface area contributed by atoms with Gasteiger partial charge in [0.25, 0.3) is 0 Å². The molecule has 0 aromatic heterocycles. The third kappa shape index (κ3) is 3.29. The maximum absolute atomic E-state index is 13.3. The minimum absolute atomic E-state index is 0.283. The quantitative estimate of drug-likeness (QED) is 0.807. The molecule has 1 saturated carbocycles. The van der Waals surface area contributed by atoms with E-state index >= 15 is 0 Å². The summed E-state index contributed by atoms with van der Waals surface area (Å²) in [5.74, 6) is -0.154. The van der Waals surface area contributed by atoms with Gasteiger partial charge in [0.15, 0.2) is 0 Å². The second kappa shape index (κ2) is 6.28. The summed E-state index contributed by atoms with van der Waals surface area (Å²) in [4.78, 5) is 0. The molecule has 0 radical (unpaired) electrons. The lowest BCUT2D eigenvalue weighted by molar-refractivity contribution is 0.383. The molecule has 0 amide bonds. The van der Waals surface area contributed by atoms with E-state index in [9.17, 15) is 8.78 Å². The van der Waals surface area contributed by atoms with Crippen molar-refractivity contribution in [3.05, 3.63) is 35.4 Å². The first-order chi connectivity index (χ1) is 8.70. The summed E-state index contributed by atoms with van der Waals surface area (Å²) in [7, 11) is 1.94. The number of hydrogen-bond acceptors (Lipinski definition) is 1. The van der Waals surface area contributed by atoms with Crippen molar-refractivity contribution in [3.63, 3.8) is 0 Å². The minimum Gasteiger partial charge on any atom is -0.319 e. The van der Waals surface area contributed by atoms with Crippen molar-refractivity contribution in [3.8, 4) is 0 Å². The van der Waals surface area contributed by atoms with Crippen LogP contribution in [-0.4, -0.2) is 13.6 Å². The molecular formula is C15H21F2N. The van der Waals surface area contributed by atoms with Crippen LogP contribution < -0.4 is 5.32 Å². The Balaban J connectivity index is 2.25. The second-order valence-corrected chi connectivity index (χ2v) is 5.27. The van der Waals surface area contributed by atoms with E-state index in [0.29, 0.717) is 5.92 Å². The Bertz CT molecular complexity index is 372. The van der Waals surface area contributed by atoms with Gasteiger partial charge in [-0.3, -0.25) is 0 Å². The summed E-state index contributed by atoms with van der Waals surface area (Å²) >= 11 is 0. The van der Waals surface area contributed by atoms with E-state index in [4.69, 9.17) is 0 Å². The number of hydrogen-bond donors (Lipinski definition) is 1. The molecule has 0 saturated heterocycles. The van der Waals surface area contributed by atoms with E-state index in [1.807, 2.05) is 7.05 Å². The van der Waals surface area contributed by atoms with Gasteiger partial charge in [-0.1, -0.05) is 19.3 Å². The lowest BCUT2D eigenvalue weighted by Gasteiger charge is -2.25. The molecule has 1 aliphatic carbocycles. The maximum atomic E-state index is 13.3. The van der Waals surface area contributed by atoms with Crippen LogP contribution in [0.25, 0.3) is 0 Å². The highest BCUT2D eigenvalue weighted by molar-refractivity contribution is 5.23. The number of rotatable bonds is 3. The van der Waals surface area contributed by atoms with Gasteiger partial charge >= 0.3 is 0 Å². The molecule has 1 aliphatic rings. The molecule has 3 heteroatoms. The fourth-order valence-electron chi connectivity index (χ4n) is 3.12. The Morgan fingerprint density at radius 1 is 1.06 bits per heavy atom. The normalized spacial score (nSPS) is 24.8. The van der Waals surface area contributed by atoms with Gasteiger partial charge in [0.05, 0.1) is 0 Å². The molecule has 0 aliphatic heterocycles. The van der Waals surface area contributed by atoms with Crippen LogP contribution in [0.1, 0.15) is 43.6 Å². The topological polar surface area (TPSA) is 12.0 Å². The van der Waals surface area contributed by atoms with Gasteiger partial charge < -0.3 is 5.32 Å². The summed E-state index contributed by atoms with van der Waals surface area (Å²) in [6.07, 6.45) is 5.79. The molecule has 100 valence electrons. The van der Waals surface area contributed by atoms with E-state index < -0.39 is 11.6 Å². The van der Waals surface area contributed by atoms with Crippen molar-refractivity contribution in [1.82, 2.24) is 5.32 Å². The molecule has 2 rings (SSSR count). The first-order valence-electron chi connectivity index (χ1n) is 6.81. The minimum atomic E-state index is -0.461. The number of benzene rings is 1. The predicted octanol–water partition coefficient (Wildman–Crippen LogP) is 3.85. The Kier molecular flexibility index (Phi) is 4.70. The van der Waals surface area contributed by atoms with Crippen molar-refractivity contribution in [2.24, 2.45) is 5.92 Å². The van der Waals surface area contributed by atoms with Crippen molar-refractivity contribution in [2.75, 3.05) is 13.6 Å². The van der Waals surface area contributed by atoms with Crippen LogP contribution in [0.2, 0.25) is 0 Å². The van der Waals surface area contributed by atoms with Crippen LogP contribution in [0.4, 0.5) is 8.78 Å². The van der Waals surface area contributed by atoms with Gasteiger partial charge in [-0.15, -0.1) is 0 Å².